The van der Waals surface area contributed by atoms with Gasteiger partial charge in [-0.1, -0.05) is 30.3 Å². The predicted octanol–water partition coefficient (Wildman–Crippen LogP) is 1.54. The predicted molar refractivity (Wildman–Crippen MR) is 64.4 cm³/mol. The molecule has 1 aromatic rings. The Balaban J connectivity index is 2.10. The summed E-state index contributed by atoms with van der Waals surface area (Å²) < 4.78 is 0. The van der Waals surface area contributed by atoms with Crippen molar-refractivity contribution >= 4 is 12.1 Å². The van der Waals surface area contributed by atoms with Crippen molar-refractivity contribution in [2.45, 2.75) is 6.42 Å². The van der Waals surface area contributed by atoms with E-state index in [1.54, 1.807) is 0 Å². The van der Waals surface area contributed by atoms with E-state index in [-0.39, 0.29) is 12.5 Å². The Kier molecular flexibility index (Phi) is 3.50. The highest BCUT2D eigenvalue weighted by Gasteiger charge is 2.39. The molecule has 0 radical (unpaired) electrons. The van der Waals surface area contributed by atoms with E-state index in [2.05, 4.69) is 0 Å². The summed E-state index contributed by atoms with van der Waals surface area (Å²) in [7, 11) is 0. The molecule has 1 heterocycles. The first-order valence-corrected chi connectivity index (χ1v) is 5.82. The van der Waals surface area contributed by atoms with Crippen molar-refractivity contribution in [1.82, 2.24) is 4.90 Å². The lowest BCUT2D eigenvalue weighted by molar-refractivity contribution is -0.142. The molecule has 0 bridgehead atoms. The molecule has 2 N–H and O–H groups in total. The van der Waals surface area contributed by atoms with Crippen LogP contribution >= 0.6 is 0 Å². The lowest BCUT2D eigenvalue weighted by Gasteiger charge is -2.14. The summed E-state index contributed by atoms with van der Waals surface area (Å²) >= 11 is 0. The molecular weight excluding hydrogens is 234 g/mol. The third-order valence-corrected chi connectivity index (χ3v) is 3.37. The average molecular weight is 249 g/mol. The van der Waals surface area contributed by atoms with Gasteiger partial charge in [-0.25, -0.2) is 4.79 Å². The molecule has 2 rings (SSSR count). The van der Waals surface area contributed by atoms with E-state index in [1.807, 2.05) is 30.3 Å². The van der Waals surface area contributed by atoms with Gasteiger partial charge in [-0.3, -0.25) is 4.79 Å². The van der Waals surface area contributed by atoms with Crippen LogP contribution in [0.25, 0.3) is 0 Å². The summed E-state index contributed by atoms with van der Waals surface area (Å²) in [6.45, 7) is 0.378. The number of aliphatic carboxylic acids is 1. The Morgan fingerprint density at radius 2 is 1.83 bits per heavy atom. The minimum Gasteiger partial charge on any atom is -0.481 e. The van der Waals surface area contributed by atoms with Crippen molar-refractivity contribution in [3.8, 4) is 0 Å². The second-order valence-electron chi connectivity index (χ2n) is 4.58. The highest BCUT2D eigenvalue weighted by Crippen LogP contribution is 2.27. The summed E-state index contributed by atoms with van der Waals surface area (Å²) in [5, 5.41) is 18.1. The number of amides is 1. The van der Waals surface area contributed by atoms with Crippen LogP contribution in [0.1, 0.15) is 5.56 Å². The first kappa shape index (κ1) is 12.4. The molecule has 1 aromatic carbocycles. The van der Waals surface area contributed by atoms with E-state index >= 15 is 0 Å². The molecule has 1 aliphatic rings. The van der Waals surface area contributed by atoms with Crippen LogP contribution in [0.2, 0.25) is 0 Å². The minimum atomic E-state index is -1.04. The summed E-state index contributed by atoms with van der Waals surface area (Å²) in [6, 6.07) is 9.56. The Bertz CT molecular complexity index is 446. The highest BCUT2D eigenvalue weighted by molar-refractivity contribution is 5.74. The minimum absolute atomic E-state index is 0.0855. The van der Waals surface area contributed by atoms with Gasteiger partial charge in [0.05, 0.1) is 5.92 Å². The molecule has 0 saturated carbocycles. The highest BCUT2D eigenvalue weighted by atomic mass is 16.4. The van der Waals surface area contributed by atoms with Gasteiger partial charge in [0.2, 0.25) is 0 Å². The average Bonchev–Trinajstić information content (AvgIpc) is 2.74. The van der Waals surface area contributed by atoms with Gasteiger partial charge in [0, 0.05) is 13.1 Å². The smallest absolute Gasteiger partial charge is 0.407 e. The lowest BCUT2D eigenvalue weighted by Crippen LogP contribution is -2.28. The van der Waals surface area contributed by atoms with Gasteiger partial charge in [-0.05, 0) is 17.9 Å². The largest absolute Gasteiger partial charge is 0.481 e. The number of carboxylic acids is 1. The molecule has 1 fully saturated rings. The number of nitrogens with zero attached hydrogens (tertiary/aromatic N) is 1. The molecule has 1 amide bonds. The van der Waals surface area contributed by atoms with Crippen LogP contribution in [0.5, 0.6) is 0 Å². The zero-order valence-electron chi connectivity index (χ0n) is 9.82. The normalized spacial score (nSPS) is 23.0. The van der Waals surface area contributed by atoms with E-state index in [1.165, 1.54) is 4.90 Å². The maximum absolute atomic E-state index is 11.2. The Labute approximate surface area is 105 Å². The zero-order valence-corrected chi connectivity index (χ0v) is 9.82. The number of hydrogen-bond donors (Lipinski definition) is 2. The molecule has 2 unspecified atom stereocenters. The monoisotopic (exact) mass is 249 g/mol. The lowest BCUT2D eigenvalue weighted by atomic mass is 9.90. The summed E-state index contributed by atoms with van der Waals surface area (Å²) in [4.78, 5) is 23.2. The van der Waals surface area contributed by atoms with Gasteiger partial charge >= 0.3 is 12.1 Å². The van der Waals surface area contributed by atoms with Crippen LogP contribution < -0.4 is 0 Å². The second kappa shape index (κ2) is 5.08. The van der Waals surface area contributed by atoms with E-state index in [0.717, 1.165) is 5.56 Å². The molecule has 96 valence electrons. The number of hydrogen-bond acceptors (Lipinski definition) is 2. The number of carboxylic acid groups (broad SMARTS) is 2. The van der Waals surface area contributed by atoms with Crippen LogP contribution in [0.15, 0.2) is 30.3 Å². The number of likely N-dealkylation sites (tertiary alicyclic amines) is 1. The fourth-order valence-corrected chi connectivity index (χ4v) is 2.43. The Morgan fingerprint density at radius 3 is 2.39 bits per heavy atom. The van der Waals surface area contributed by atoms with Gasteiger partial charge < -0.3 is 15.1 Å². The maximum Gasteiger partial charge on any atom is 0.407 e. The van der Waals surface area contributed by atoms with Gasteiger partial charge in [-0.15, -0.1) is 0 Å². The Morgan fingerprint density at radius 1 is 1.17 bits per heavy atom. The molecule has 0 aliphatic carbocycles. The SMILES string of the molecule is O=C(O)C1CN(C(=O)O)CC1Cc1ccccc1. The number of rotatable bonds is 3. The van der Waals surface area contributed by atoms with Crippen LogP contribution in [-0.2, 0) is 11.2 Å². The van der Waals surface area contributed by atoms with Crippen molar-refractivity contribution < 1.29 is 19.8 Å². The van der Waals surface area contributed by atoms with Crippen LogP contribution in [0.3, 0.4) is 0 Å². The van der Waals surface area contributed by atoms with Crippen molar-refractivity contribution in [2.75, 3.05) is 13.1 Å². The summed E-state index contributed by atoms with van der Waals surface area (Å²) in [5.74, 6) is -1.68. The van der Waals surface area contributed by atoms with Crippen molar-refractivity contribution in [1.29, 1.82) is 0 Å². The van der Waals surface area contributed by atoms with Crippen molar-refractivity contribution in [3.63, 3.8) is 0 Å². The fourth-order valence-electron chi connectivity index (χ4n) is 2.43. The molecular formula is C13H15NO4. The van der Waals surface area contributed by atoms with E-state index in [4.69, 9.17) is 10.2 Å². The standard InChI is InChI=1S/C13H15NO4/c15-12(16)11-8-14(13(17)18)7-10(11)6-9-4-2-1-3-5-9/h1-5,10-11H,6-8H2,(H,15,16)(H,17,18). The van der Waals surface area contributed by atoms with Crippen LogP contribution in [-0.4, -0.2) is 40.3 Å². The first-order valence-electron chi connectivity index (χ1n) is 5.82. The molecule has 5 heteroatoms. The second-order valence-corrected chi connectivity index (χ2v) is 4.58. The van der Waals surface area contributed by atoms with Gasteiger partial charge in [0.25, 0.3) is 0 Å². The molecule has 2 atom stereocenters. The number of carbonyl (C=O) groups is 2. The quantitative estimate of drug-likeness (QED) is 0.851. The topological polar surface area (TPSA) is 77.8 Å². The van der Waals surface area contributed by atoms with Crippen LogP contribution in [0.4, 0.5) is 4.79 Å². The van der Waals surface area contributed by atoms with E-state index in [0.29, 0.717) is 13.0 Å². The molecule has 1 saturated heterocycles. The first-order chi connectivity index (χ1) is 8.58. The molecule has 0 spiro atoms. The molecule has 1 aliphatic heterocycles. The zero-order chi connectivity index (χ0) is 13.1. The van der Waals surface area contributed by atoms with Gasteiger partial charge in [0.1, 0.15) is 0 Å². The van der Waals surface area contributed by atoms with Crippen LogP contribution in [0, 0.1) is 11.8 Å². The Hall–Kier alpha value is -2.04. The third-order valence-electron chi connectivity index (χ3n) is 3.37. The fraction of sp³-hybridized carbons (Fsp3) is 0.385. The maximum atomic E-state index is 11.2. The summed E-state index contributed by atoms with van der Waals surface area (Å²) in [5.41, 5.74) is 1.04. The molecule has 5 nitrogen and oxygen atoms in total. The molecule has 0 aromatic heterocycles. The molecule has 18 heavy (non-hydrogen) atoms. The third kappa shape index (κ3) is 2.61. The van der Waals surface area contributed by atoms with Gasteiger partial charge in [-0.2, -0.15) is 0 Å². The summed E-state index contributed by atoms with van der Waals surface area (Å²) in [6.07, 6.45) is -0.446. The van der Waals surface area contributed by atoms with Crippen molar-refractivity contribution in [3.05, 3.63) is 35.9 Å². The van der Waals surface area contributed by atoms with E-state index in [9.17, 15) is 9.59 Å². The van der Waals surface area contributed by atoms with E-state index < -0.39 is 18.0 Å². The van der Waals surface area contributed by atoms with Gasteiger partial charge in [0.15, 0.2) is 0 Å². The number of benzene rings is 1. The van der Waals surface area contributed by atoms with Crippen molar-refractivity contribution in [2.24, 2.45) is 11.8 Å².